The van der Waals surface area contributed by atoms with Crippen LogP contribution in [0.5, 0.6) is 0 Å². The standard InChI is InChI=1S/C14H13BrN2O4/c1-16-12(19)10(6-3-7-18)17-13(20)8-4-2-5-9(15)11(8)14(17)21/h2,4-5,7,10H,3,6H2,1H3,(H,16,19). The van der Waals surface area contributed by atoms with Crippen LogP contribution in [0.4, 0.5) is 0 Å². The van der Waals surface area contributed by atoms with Crippen LogP contribution in [0.25, 0.3) is 0 Å². The van der Waals surface area contributed by atoms with Gasteiger partial charge in [0, 0.05) is 17.9 Å². The van der Waals surface area contributed by atoms with Gasteiger partial charge in [0.2, 0.25) is 5.91 Å². The molecule has 6 nitrogen and oxygen atoms in total. The molecule has 0 saturated heterocycles. The van der Waals surface area contributed by atoms with E-state index < -0.39 is 23.8 Å². The van der Waals surface area contributed by atoms with Gasteiger partial charge in [0.05, 0.1) is 11.1 Å². The van der Waals surface area contributed by atoms with E-state index in [1.807, 2.05) is 0 Å². The van der Waals surface area contributed by atoms with Crippen molar-refractivity contribution in [2.75, 3.05) is 7.05 Å². The van der Waals surface area contributed by atoms with Crippen molar-refractivity contribution in [2.45, 2.75) is 18.9 Å². The zero-order valence-corrected chi connectivity index (χ0v) is 12.8. The molecule has 110 valence electrons. The summed E-state index contributed by atoms with van der Waals surface area (Å²) in [4.78, 5) is 48.3. The Kier molecular flexibility index (Phi) is 4.52. The number of halogens is 1. The molecule has 0 bridgehead atoms. The maximum Gasteiger partial charge on any atom is 0.263 e. The number of fused-ring (bicyclic) bond motifs is 1. The van der Waals surface area contributed by atoms with E-state index in [2.05, 4.69) is 21.2 Å². The molecule has 1 aromatic rings. The highest BCUT2D eigenvalue weighted by Gasteiger charge is 2.43. The lowest BCUT2D eigenvalue weighted by atomic mass is 10.1. The normalized spacial score (nSPS) is 14.9. The Morgan fingerprint density at radius 3 is 2.67 bits per heavy atom. The molecule has 0 radical (unpaired) electrons. The average molecular weight is 353 g/mol. The molecule has 0 fully saturated rings. The summed E-state index contributed by atoms with van der Waals surface area (Å²) >= 11 is 3.24. The minimum atomic E-state index is -0.987. The first-order valence-electron chi connectivity index (χ1n) is 6.34. The molecule has 0 aliphatic carbocycles. The second kappa shape index (κ2) is 6.17. The van der Waals surface area contributed by atoms with Crippen molar-refractivity contribution in [1.29, 1.82) is 0 Å². The van der Waals surface area contributed by atoms with Gasteiger partial charge in [-0.25, -0.2) is 0 Å². The minimum Gasteiger partial charge on any atom is -0.357 e. The number of imide groups is 1. The largest absolute Gasteiger partial charge is 0.357 e. The van der Waals surface area contributed by atoms with Gasteiger partial charge in [-0.2, -0.15) is 0 Å². The summed E-state index contributed by atoms with van der Waals surface area (Å²) in [5.74, 6) is -1.51. The third-order valence-electron chi connectivity index (χ3n) is 3.31. The third kappa shape index (κ3) is 2.61. The molecule has 1 aliphatic heterocycles. The lowest BCUT2D eigenvalue weighted by molar-refractivity contribution is -0.124. The molecule has 1 aliphatic rings. The van der Waals surface area contributed by atoms with E-state index >= 15 is 0 Å². The number of amides is 3. The van der Waals surface area contributed by atoms with E-state index in [0.717, 1.165) is 4.90 Å². The Hall–Kier alpha value is -2.02. The fourth-order valence-corrected chi connectivity index (χ4v) is 2.85. The van der Waals surface area contributed by atoms with Crippen molar-refractivity contribution in [3.63, 3.8) is 0 Å². The molecule has 2 rings (SSSR count). The topological polar surface area (TPSA) is 83.6 Å². The zero-order chi connectivity index (χ0) is 15.6. The molecule has 1 N–H and O–H groups in total. The number of nitrogens with zero attached hydrogens (tertiary/aromatic N) is 1. The summed E-state index contributed by atoms with van der Waals surface area (Å²) in [6, 6.07) is 3.87. The van der Waals surface area contributed by atoms with Crippen molar-refractivity contribution < 1.29 is 19.2 Å². The Morgan fingerprint density at radius 2 is 2.10 bits per heavy atom. The number of hydrogen-bond donors (Lipinski definition) is 1. The van der Waals surface area contributed by atoms with Crippen molar-refractivity contribution in [3.8, 4) is 0 Å². The van der Waals surface area contributed by atoms with Crippen LogP contribution < -0.4 is 5.32 Å². The van der Waals surface area contributed by atoms with Crippen LogP contribution >= 0.6 is 15.9 Å². The lowest BCUT2D eigenvalue weighted by Gasteiger charge is -2.24. The van der Waals surface area contributed by atoms with Crippen LogP contribution in [0.15, 0.2) is 22.7 Å². The third-order valence-corrected chi connectivity index (χ3v) is 3.97. The van der Waals surface area contributed by atoms with E-state index in [4.69, 9.17) is 0 Å². The first kappa shape index (κ1) is 15.4. The lowest BCUT2D eigenvalue weighted by Crippen LogP contribution is -2.48. The van der Waals surface area contributed by atoms with E-state index in [9.17, 15) is 19.2 Å². The van der Waals surface area contributed by atoms with Crippen molar-refractivity contribution in [3.05, 3.63) is 33.8 Å². The van der Waals surface area contributed by atoms with Gasteiger partial charge in [0.1, 0.15) is 12.3 Å². The Balaban J connectivity index is 2.42. The van der Waals surface area contributed by atoms with Crippen LogP contribution in [0.2, 0.25) is 0 Å². The first-order valence-corrected chi connectivity index (χ1v) is 7.13. The van der Waals surface area contributed by atoms with Gasteiger partial charge in [-0.05, 0) is 34.5 Å². The second-order valence-electron chi connectivity index (χ2n) is 4.52. The maximum atomic E-state index is 12.5. The molecule has 1 heterocycles. The van der Waals surface area contributed by atoms with Crippen molar-refractivity contribution >= 4 is 39.9 Å². The SMILES string of the molecule is CNC(=O)C(CCC=O)N1C(=O)c2cccc(Br)c2C1=O. The van der Waals surface area contributed by atoms with E-state index in [0.29, 0.717) is 10.8 Å². The predicted octanol–water partition coefficient (Wildman–Crippen LogP) is 1.14. The summed E-state index contributed by atoms with van der Waals surface area (Å²) in [6.45, 7) is 0. The van der Waals surface area contributed by atoms with Crippen LogP contribution in [0, 0.1) is 0 Å². The van der Waals surface area contributed by atoms with Gasteiger partial charge in [0.25, 0.3) is 11.8 Å². The number of benzene rings is 1. The molecule has 1 aromatic carbocycles. The highest BCUT2D eigenvalue weighted by Crippen LogP contribution is 2.31. The fraction of sp³-hybridized carbons (Fsp3) is 0.286. The fourth-order valence-electron chi connectivity index (χ4n) is 2.32. The van der Waals surface area contributed by atoms with Gasteiger partial charge >= 0.3 is 0 Å². The van der Waals surface area contributed by atoms with E-state index in [-0.39, 0.29) is 24.0 Å². The Labute approximate surface area is 129 Å². The monoisotopic (exact) mass is 352 g/mol. The first-order chi connectivity index (χ1) is 10.0. The summed E-state index contributed by atoms with van der Waals surface area (Å²) in [6.07, 6.45) is 0.850. The average Bonchev–Trinajstić information content (AvgIpc) is 2.73. The Morgan fingerprint density at radius 1 is 1.38 bits per heavy atom. The Bertz CT molecular complexity index is 629. The van der Waals surface area contributed by atoms with Crippen molar-refractivity contribution in [1.82, 2.24) is 10.2 Å². The van der Waals surface area contributed by atoms with Crippen LogP contribution in [0.3, 0.4) is 0 Å². The van der Waals surface area contributed by atoms with Crippen LogP contribution in [-0.4, -0.2) is 42.0 Å². The molecule has 21 heavy (non-hydrogen) atoms. The van der Waals surface area contributed by atoms with Crippen LogP contribution in [0.1, 0.15) is 33.6 Å². The number of likely N-dealkylation sites (N-methyl/N-ethyl adjacent to an activating group) is 1. The summed E-state index contributed by atoms with van der Waals surface area (Å²) in [5, 5.41) is 2.42. The summed E-state index contributed by atoms with van der Waals surface area (Å²) in [7, 11) is 1.42. The smallest absolute Gasteiger partial charge is 0.263 e. The van der Waals surface area contributed by atoms with Gasteiger partial charge in [-0.3, -0.25) is 19.3 Å². The van der Waals surface area contributed by atoms with Gasteiger partial charge in [-0.15, -0.1) is 0 Å². The zero-order valence-electron chi connectivity index (χ0n) is 11.3. The summed E-state index contributed by atoms with van der Waals surface area (Å²) in [5.41, 5.74) is 0.511. The summed E-state index contributed by atoms with van der Waals surface area (Å²) < 4.78 is 0.506. The number of rotatable bonds is 5. The van der Waals surface area contributed by atoms with Gasteiger partial charge in [0.15, 0.2) is 0 Å². The molecular formula is C14H13BrN2O4. The van der Waals surface area contributed by atoms with E-state index in [1.165, 1.54) is 7.05 Å². The number of hydrogen-bond acceptors (Lipinski definition) is 4. The molecular weight excluding hydrogens is 340 g/mol. The van der Waals surface area contributed by atoms with Crippen LogP contribution in [-0.2, 0) is 9.59 Å². The molecule has 1 atom stereocenters. The minimum absolute atomic E-state index is 0.0899. The number of carbonyl (C=O) groups excluding carboxylic acids is 4. The molecule has 0 aromatic heterocycles. The number of aldehydes is 1. The second-order valence-corrected chi connectivity index (χ2v) is 5.37. The maximum absolute atomic E-state index is 12.5. The number of nitrogens with one attached hydrogen (secondary N) is 1. The number of carbonyl (C=O) groups is 4. The molecule has 7 heteroatoms. The molecule has 3 amide bonds. The van der Waals surface area contributed by atoms with Gasteiger partial charge < -0.3 is 10.1 Å². The predicted molar refractivity (Wildman–Crippen MR) is 77.8 cm³/mol. The quantitative estimate of drug-likeness (QED) is 0.636. The molecule has 0 saturated carbocycles. The highest BCUT2D eigenvalue weighted by atomic mass is 79.9. The van der Waals surface area contributed by atoms with E-state index in [1.54, 1.807) is 18.2 Å². The molecule has 0 spiro atoms. The molecule has 1 unspecified atom stereocenters. The van der Waals surface area contributed by atoms with Crippen molar-refractivity contribution in [2.24, 2.45) is 0 Å². The highest BCUT2D eigenvalue weighted by molar-refractivity contribution is 9.10. The van der Waals surface area contributed by atoms with Gasteiger partial charge in [-0.1, -0.05) is 6.07 Å².